The number of hydrogen-bond donors (Lipinski definition) is 2. The largest absolute Gasteiger partial charge is 0.508 e. The Morgan fingerprint density at radius 2 is 1.28 bits per heavy atom. The third-order valence-electron chi connectivity index (χ3n) is 6.31. The number of phenols is 1. The highest BCUT2D eigenvalue weighted by molar-refractivity contribution is 5.90. The van der Waals surface area contributed by atoms with E-state index in [1.54, 1.807) is 12.1 Å². The smallest absolute Gasteiger partial charge is 0.140 e. The highest BCUT2D eigenvalue weighted by Crippen LogP contribution is 2.41. The third kappa shape index (κ3) is 3.10. The van der Waals surface area contributed by atoms with E-state index in [1.165, 1.54) is 0 Å². The lowest BCUT2D eigenvalue weighted by Crippen LogP contribution is -2.32. The first-order valence-electron chi connectivity index (χ1n) is 10.6. The number of H-pyrrole nitrogens is 1. The molecule has 0 bridgehead atoms. The second-order valence-electron chi connectivity index (χ2n) is 8.09. The van der Waals surface area contributed by atoms with Gasteiger partial charge in [0.25, 0.3) is 0 Å². The first kappa shape index (κ1) is 19.8. The maximum absolute atomic E-state index is 13.0. The predicted octanol–water partition coefficient (Wildman–Crippen LogP) is 6.38. The van der Waals surface area contributed by atoms with Crippen LogP contribution in [0, 0.1) is 6.92 Å². The van der Waals surface area contributed by atoms with Gasteiger partial charge in [0.15, 0.2) is 0 Å². The van der Waals surface area contributed by atoms with E-state index in [2.05, 4.69) is 35.3 Å². The summed E-state index contributed by atoms with van der Waals surface area (Å²) in [5, 5.41) is 11.0. The number of fused-ring (bicyclic) bond motifs is 1. The molecule has 0 radical (unpaired) electrons. The number of para-hydroxylation sites is 1. The van der Waals surface area contributed by atoms with Crippen LogP contribution in [0.15, 0.2) is 103 Å². The van der Waals surface area contributed by atoms with Crippen molar-refractivity contribution < 1.29 is 9.90 Å². The summed E-state index contributed by atoms with van der Waals surface area (Å²) in [7, 11) is 0. The number of aryl methyl sites for hydroxylation is 1. The average Bonchev–Trinajstić information content (AvgIpc) is 3.19. The number of phenolic OH excluding ortho intramolecular Hbond substituents is 1. The van der Waals surface area contributed by atoms with Crippen LogP contribution >= 0.6 is 0 Å². The molecule has 4 aromatic carbocycles. The first-order chi connectivity index (χ1) is 15.6. The molecule has 5 rings (SSSR count). The van der Waals surface area contributed by atoms with E-state index in [0.717, 1.165) is 50.7 Å². The van der Waals surface area contributed by atoms with Crippen molar-refractivity contribution in [2.75, 3.05) is 0 Å². The fourth-order valence-corrected chi connectivity index (χ4v) is 4.61. The Morgan fingerprint density at radius 3 is 1.91 bits per heavy atom. The lowest BCUT2D eigenvalue weighted by molar-refractivity contribution is -0.110. The van der Waals surface area contributed by atoms with Crippen LogP contribution in [-0.4, -0.2) is 16.4 Å². The van der Waals surface area contributed by atoms with Gasteiger partial charge in [0, 0.05) is 16.6 Å². The van der Waals surface area contributed by atoms with Gasteiger partial charge >= 0.3 is 0 Å². The monoisotopic (exact) mass is 417 g/mol. The second kappa shape index (κ2) is 7.86. The SMILES string of the molecule is Cc1c([C@@](C=O)(c2ccc(O)cc2)c2ccc(-c3ccccc3)cc2)[nH]c2ccccc12. The van der Waals surface area contributed by atoms with E-state index in [-0.39, 0.29) is 5.75 Å². The van der Waals surface area contributed by atoms with Gasteiger partial charge in [-0.05, 0) is 52.9 Å². The quantitative estimate of drug-likeness (QED) is 0.326. The summed E-state index contributed by atoms with van der Waals surface area (Å²) >= 11 is 0. The Labute approximate surface area is 187 Å². The van der Waals surface area contributed by atoms with Crippen LogP contribution in [0.25, 0.3) is 22.0 Å². The Bertz CT molecular complexity index is 1380. The summed E-state index contributed by atoms with van der Waals surface area (Å²) in [6.45, 7) is 2.05. The molecule has 0 aliphatic rings. The number of carbonyl (C=O) groups is 1. The molecule has 0 spiro atoms. The van der Waals surface area contributed by atoms with Gasteiger partial charge in [-0.2, -0.15) is 0 Å². The summed E-state index contributed by atoms with van der Waals surface area (Å²) in [5.41, 5.74) is 5.72. The van der Waals surface area contributed by atoms with E-state index < -0.39 is 5.41 Å². The minimum atomic E-state index is -1.04. The Kier molecular flexibility index (Phi) is 4.87. The van der Waals surface area contributed by atoms with Gasteiger partial charge in [0.2, 0.25) is 0 Å². The van der Waals surface area contributed by atoms with Crippen molar-refractivity contribution in [2.24, 2.45) is 0 Å². The molecule has 0 aliphatic carbocycles. The summed E-state index contributed by atoms with van der Waals surface area (Å²) in [5.74, 6) is 0.168. The summed E-state index contributed by atoms with van der Waals surface area (Å²) in [6, 6.07) is 33.3. The number of aromatic hydroxyl groups is 1. The van der Waals surface area contributed by atoms with Crippen LogP contribution in [-0.2, 0) is 10.2 Å². The standard InChI is InChI=1S/C29H23NO2/c1-20-26-9-5-6-10-27(26)30-28(20)29(19-31,24-15-17-25(32)18-16-24)23-13-11-22(12-14-23)21-7-3-2-4-8-21/h2-19,30,32H,1H3/t29-/m1/s1. The fraction of sp³-hybridized carbons (Fsp3) is 0.0690. The van der Waals surface area contributed by atoms with Crippen LogP contribution in [0.4, 0.5) is 0 Å². The summed E-state index contributed by atoms with van der Waals surface area (Å²) in [6.07, 6.45) is 1.01. The fourth-order valence-electron chi connectivity index (χ4n) is 4.61. The molecule has 0 saturated heterocycles. The molecule has 156 valence electrons. The highest BCUT2D eigenvalue weighted by Gasteiger charge is 2.39. The Morgan fingerprint density at radius 1 is 0.719 bits per heavy atom. The molecule has 5 aromatic rings. The van der Waals surface area contributed by atoms with Crippen molar-refractivity contribution >= 4 is 17.2 Å². The van der Waals surface area contributed by atoms with Gasteiger partial charge in [-0.25, -0.2) is 0 Å². The van der Waals surface area contributed by atoms with Crippen molar-refractivity contribution in [1.82, 2.24) is 4.98 Å². The minimum absolute atomic E-state index is 0.168. The van der Waals surface area contributed by atoms with Crippen molar-refractivity contribution in [2.45, 2.75) is 12.3 Å². The molecular formula is C29H23NO2. The highest BCUT2D eigenvalue weighted by atomic mass is 16.3. The van der Waals surface area contributed by atoms with Gasteiger partial charge < -0.3 is 14.9 Å². The molecule has 32 heavy (non-hydrogen) atoms. The first-order valence-corrected chi connectivity index (χ1v) is 10.6. The number of benzene rings is 4. The van der Waals surface area contributed by atoms with Crippen LogP contribution in [0.1, 0.15) is 22.4 Å². The zero-order chi connectivity index (χ0) is 22.1. The van der Waals surface area contributed by atoms with Gasteiger partial charge in [0.05, 0.1) is 0 Å². The van der Waals surface area contributed by atoms with Crippen molar-refractivity contribution in [3.63, 3.8) is 0 Å². The van der Waals surface area contributed by atoms with E-state index in [0.29, 0.717) is 0 Å². The molecular weight excluding hydrogens is 394 g/mol. The van der Waals surface area contributed by atoms with Crippen LogP contribution < -0.4 is 0 Å². The molecule has 0 saturated carbocycles. The molecule has 0 aliphatic heterocycles. The van der Waals surface area contributed by atoms with E-state index >= 15 is 0 Å². The normalized spacial score (nSPS) is 13.0. The third-order valence-corrected chi connectivity index (χ3v) is 6.31. The molecule has 1 heterocycles. The number of nitrogens with one attached hydrogen (secondary N) is 1. The minimum Gasteiger partial charge on any atom is -0.508 e. The van der Waals surface area contributed by atoms with E-state index in [4.69, 9.17) is 0 Å². The van der Waals surface area contributed by atoms with Crippen LogP contribution in [0.5, 0.6) is 5.75 Å². The molecule has 1 atom stereocenters. The number of hydrogen-bond acceptors (Lipinski definition) is 2. The van der Waals surface area contributed by atoms with Gasteiger partial charge in [-0.3, -0.25) is 0 Å². The zero-order valence-corrected chi connectivity index (χ0v) is 17.7. The van der Waals surface area contributed by atoms with Gasteiger partial charge in [-0.1, -0.05) is 84.9 Å². The molecule has 2 N–H and O–H groups in total. The lowest BCUT2D eigenvalue weighted by Gasteiger charge is -2.30. The second-order valence-corrected chi connectivity index (χ2v) is 8.09. The predicted molar refractivity (Wildman–Crippen MR) is 129 cm³/mol. The molecule has 0 fully saturated rings. The Balaban J connectivity index is 1.75. The maximum Gasteiger partial charge on any atom is 0.140 e. The van der Waals surface area contributed by atoms with Crippen LogP contribution in [0.3, 0.4) is 0 Å². The number of aldehydes is 1. The van der Waals surface area contributed by atoms with Crippen molar-refractivity contribution in [3.8, 4) is 16.9 Å². The number of rotatable bonds is 5. The summed E-state index contributed by atoms with van der Waals surface area (Å²) < 4.78 is 0. The van der Waals surface area contributed by atoms with E-state index in [9.17, 15) is 9.90 Å². The van der Waals surface area contributed by atoms with E-state index in [1.807, 2.05) is 67.6 Å². The number of carbonyl (C=O) groups excluding carboxylic acids is 1. The molecule has 3 heteroatoms. The van der Waals surface area contributed by atoms with Gasteiger partial charge in [0.1, 0.15) is 17.5 Å². The lowest BCUT2D eigenvalue weighted by atomic mass is 9.71. The molecule has 0 unspecified atom stereocenters. The topological polar surface area (TPSA) is 53.1 Å². The van der Waals surface area contributed by atoms with Crippen molar-refractivity contribution in [1.29, 1.82) is 0 Å². The number of aromatic nitrogens is 1. The number of aromatic amines is 1. The molecule has 3 nitrogen and oxygen atoms in total. The molecule has 0 amide bonds. The summed E-state index contributed by atoms with van der Waals surface area (Å²) in [4.78, 5) is 16.5. The maximum atomic E-state index is 13.0. The zero-order valence-electron chi connectivity index (χ0n) is 17.7. The average molecular weight is 418 g/mol. The Hall–Kier alpha value is -4.11. The van der Waals surface area contributed by atoms with Crippen molar-refractivity contribution in [3.05, 3.63) is 126 Å². The molecule has 1 aromatic heterocycles. The van der Waals surface area contributed by atoms with Gasteiger partial charge in [-0.15, -0.1) is 0 Å². The van der Waals surface area contributed by atoms with Crippen LogP contribution in [0.2, 0.25) is 0 Å².